The van der Waals surface area contributed by atoms with Crippen LogP contribution in [0.1, 0.15) is 35.2 Å². The van der Waals surface area contributed by atoms with E-state index in [4.69, 9.17) is 4.74 Å². The van der Waals surface area contributed by atoms with Crippen LogP contribution in [0.25, 0.3) is 0 Å². The van der Waals surface area contributed by atoms with Gasteiger partial charge in [-0.1, -0.05) is 12.5 Å². The number of hydrogen-bond acceptors (Lipinski definition) is 6. The molecule has 3 aliphatic heterocycles. The van der Waals surface area contributed by atoms with Gasteiger partial charge in [0, 0.05) is 43.8 Å². The Morgan fingerprint density at radius 1 is 0.969 bits per heavy atom. The third-order valence-electron chi connectivity index (χ3n) is 6.19. The fourth-order valence-electron chi connectivity index (χ4n) is 4.45. The SMILES string of the molecule is Cc1ccc2c(c1)NC(=O)c1cc(S(=O)(=O)N3CCCCC3)c(N3CCSCC3)cc1O2. The van der Waals surface area contributed by atoms with Gasteiger partial charge in [-0.2, -0.15) is 16.1 Å². The van der Waals surface area contributed by atoms with Gasteiger partial charge in [0.1, 0.15) is 10.6 Å². The minimum Gasteiger partial charge on any atom is -0.454 e. The van der Waals surface area contributed by atoms with Crippen LogP contribution in [0.4, 0.5) is 11.4 Å². The second-order valence-corrected chi connectivity index (χ2v) is 11.6. The van der Waals surface area contributed by atoms with E-state index in [2.05, 4.69) is 10.2 Å². The highest BCUT2D eigenvalue weighted by molar-refractivity contribution is 7.99. The Balaban J connectivity index is 1.65. The largest absolute Gasteiger partial charge is 0.454 e. The van der Waals surface area contributed by atoms with Crippen LogP contribution in [0.15, 0.2) is 35.2 Å². The number of fused-ring (bicyclic) bond motifs is 2. The summed E-state index contributed by atoms with van der Waals surface area (Å²) in [6.07, 6.45) is 2.76. The molecular weight excluding hydrogens is 446 g/mol. The number of carbonyl (C=O) groups excluding carboxylic acids is 1. The molecule has 2 aromatic carbocycles. The van der Waals surface area contributed by atoms with Gasteiger partial charge >= 0.3 is 0 Å². The zero-order chi connectivity index (χ0) is 22.3. The second kappa shape index (κ2) is 8.61. The molecule has 5 rings (SSSR count). The lowest BCUT2D eigenvalue weighted by molar-refractivity contribution is 0.102. The van der Waals surface area contributed by atoms with Crippen molar-refractivity contribution < 1.29 is 17.9 Å². The number of benzene rings is 2. The molecule has 0 radical (unpaired) electrons. The van der Waals surface area contributed by atoms with E-state index in [9.17, 15) is 13.2 Å². The third kappa shape index (κ3) is 3.97. The smallest absolute Gasteiger partial charge is 0.259 e. The monoisotopic (exact) mass is 473 g/mol. The molecule has 0 aliphatic carbocycles. The highest BCUT2D eigenvalue weighted by Gasteiger charge is 2.33. The minimum absolute atomic E-state index is 0.200. The number of nitrogens with zero attached hydrogens (tertiary/aromatic N) is 2. The Bertz CT molecular complexity index is 1150. The number of thioether (sulfide) groups is 1. The molecule has 2 aromatic rings. The number of sulfonamides is 1. The number of carbonyl (C=O) groups is 1. The molecule has 0 unspecified atom stereocenters. The predicted molar refractivity (Wildman–Crippen MR) is 128 cm³/mol. The van der Waals surface area contributed by atoms with Crippen molar-refractivity contribution >= 4 is 39.1 Å². The second-order valence-electron chi connectivity index (χ2n) is 8.44. The molecule has 0 spiro atoms. The Labute approximate surface area is 193 Å². The molecule has 2 saturated heterocycles. The van der Waals surface area contributed by atoms with Crippen LogP contribution in [0.5, 0.6) is 11.5 Å². The molecule has 9 heteroatoms. The fraction of sp³-hybridized carbons (Fsp3) is 0.435. The number of nitrogens with one attached hydrogen (secondary N) is 1. The zero-order valence-corrected chi connectivity index (χ0v) is 19.7. The van der Waals surface area contributed by atoms with Crippen molar-refractivity contribution in [3.63, 3.8) is 0 Å². The molecule has 3 aliphatic rings. The van der Waals surface area contributed by atoms with Crippen LogP contribution in [-0.4, -0.2) is 56.3 Å². The van der Waals surface area contributed by atoms with Gasteiger partial charge in [0.2, 0.25) is 10.0 Å². The van der Waals surface area contributed by atoms with Crippen LogP contribution < -0.4 is 15.0 Å². The van der Waals surface area contributed by atoms with Gasteiger partial charge in [-0.05, 0) is 43.5 Å². The Hall–Kier alpha value is -2.23. The first-order valence-corrected chi connectivity index (χ1v) is 13.6. The van der Waals surface area contributed by atoms with Crippen molar-refractivity contribution in [2.75, 3.05) is 47.9 Å². The average Bonchev–Trinajstić information content (AvgIpc) is 2.94. The summed E-state index contributed by atoms with van der Waals surface area (Å²) < 4.78 is 35.1. The van der Waals surface area contributed by atoms with Crippen LogP contribution in [0, 0.1) is 6.92 Å². The maximum Gasteiger partial charge on any atom is 0.259 e. The number of anilines is 2. The maximum atomic E-state index is 13.7. The summed E-state index contributed by atoms with van der Waals surface area (Å²) in [5.41, 5.74) is 2.45. The van der Waals surface area contributed by atoms with Gasteiger partial charge in [-0.15, -0.1) is 0 Å². The van der Waals surface area contributed by atoms with Gasteiger partial charge in [0.25, 0.3) is 5.91 Å². The van der Waals surface area contributed by atoms with E-state index in [-0.39, 0.29) is 16.4 Å². The van der Waals surface area contributed by atoms with Crippen LogP contribution >= 0.6 is 11.8 Å². The number of piperidine rings is 1. The van der Waals surface area contributed by atoms with Crippen molar-refractivity contribution in [3.05, 3.63) is 41.5 Å². The Morgan fingerprint density at radius 3 is 2.47 bits per heavy atom. The summed E-state index contributed by atoms with van der Waals surface area (Å²) in [5.74, 6) is 2.44. The van der Waals surface area contributed by atoms with Crippen LogP contribution in [0.2, 0.25) is 0 Å². The van der Waals surface area contributed by atoms with Crippen molar-refractivity contribution in [2.24, 2.45) is 0 Å². The van der Waals surface area contributed by atoms with E-state index in [0.717, 1.165) is 49.4 Å². The first kappa shape index (κ1) is 21.6. The van der Waals surface area contributed by atoms with Crippen molar-refractivity contribution in [3.8, 4) is 11.5 Å². The van der Waals surface area contributed by atoms with E-state index >= 15 is 0 Å². The standard InChI is InChI=1S/C23H27N3O4S2/c1-16-5-6-20-18(13-16)24-23(27)17-14-22(32(28,29)26-7-3-2-4-8-26)19(15-21(17)30-20)25-9-11-31-12-10-25/h5-6,13-15H,2-4,7-12H2,1H3,(H,24,27). The summed E-state index contributed by atoms with van der Waals surface area (Å²) in [6, 6.07) is 8.87. The van der Waals surface area contributed by atoms with E-state index < -0.39 is 10.0 Å². The normalized spacial score (nSPS) is 19.4. The number of rotatable bonds is 3. The molecule has 0 aromatic heterocycles. The Kier molecular flexibility index (Phi) is 5.81. The Morgan fingerprint density at radius 2 is 1.72 bits per heavy atom. The lowest BCUT2D eigenvalue weighted by atomic mass is 10.1. The average molecular weight is 474 g/mol. The summed E-state index contributed by atoms with van der Waals surface area (Å²) in [7, 11) is -3.74. The molecule has 1 amide bonds. The quantitative estimate of drug-likeness (QED) is 0.724. The van der Waals surface area contributed by atoms with Gasteiger partial charge < -0.3 is 15.0 Å². The minimum atomic E-state index is -3.74. The number of ether oxygens (including phenoxy) is 1. The summed E-state index contributed by atoms with van der Waals surface area (Å²) in [4.78, 5) is 15.4. The molecule has 170 valence electrons. The molecule has 0 atom stereocenters. The van der Waals surface area contributed by atoms with Crippen molar-refractivity contribution in [2.45, 2.75) is 31.1 Å². The van der Waals surface area contributed by atoms with Crippen molar-refractivity contribution in [1.82, 2.24) is 4.31 Å². The number of hydrogen-bond donors (Lipinski definition) is 1. The van der Waals surface area contributed by atoms with E-state index in [1.54, 1.807) is 10.4 Å². The first-order valence-electron chi connectivity index (χ1n) is 11.0. The lowest BCUT2D eigenvalue weighted by Gasteiger charge is -2.33. The molecule has 2 fully saturated rings. The number of aryl methyl sites for hydroxylation is 1. The fourth-order valence-corrected chi connectivity index (χ4v) is 7.09. The molecule has 3 heterocycles. The van der Waals surface area contributed by atoms with Gasteiger partial charge in [-0.3, -0.25) is 4.79 Å². The zero-order valence-electron chi connectivity index (χ0n) is 18.1. The summed E-state index contributed by atoms with van der Waals surface area (Å²) in [5, 5.41) is 2.89. The highest BCUT2D eigenvalue weighted by atomic mass is 32.2. The maximum absolute atomic E-state index is 13.7. The van der Waals surface area contributed by atoms with Gasteiger partial charge in [-0.25, -0.2) is 8.42 Å². The van der Waals surface area contributed by atoms with Gasteiger partial charge in [0.15, 0.2) is 5.75 Å². The molecule has 0 bridgehead atoms. The summed E-state index contributed by atoms with van der Waals surface area (Å²) >= 11 is 1.86. The molecule has 7 nitrogen and oxygen atoms in total. The van der Waals surface area contributed by atoms with Crippen molar-refractivity contribution in [1.29, 1.82) is 0 Å². The molecule has 32 heavy (non-hydrogen) atoms. The van der Waals surface area contributed by atoms with E-state index in [0.29, 0.717) is 36.0 Å². The lowest BCUT2D eigenvalue weighted by Crippen LogP contribution is -2.38. The summed E-state index contributed by atoms with van der Waals surface area (Å²) in [6.45, 7) is 4.49. The first-order chi connectivity index (χ1) is 15.4. The number of amides is 1. The molecular formula is C23H27N3O4S2. The van der Waals surface area contributed by atoms with Gasteiger partial charge in [0.05, 0.1) is 16.9 Å². The highest BCUT2D eigenvalue weighted by Crippen LogP contribution is 2.42. The van der Waals surface area contributed by atoms with E-state index in [1.165, 1.54) is 6.07 Å². The van der Waals surface area contributed by atoms with Crippen LogP contribution in [-0.2, 0) is 10.0 Å². The molecule has 0 saturated carbocycles. The third-order valence-corrected chi connectivity index (χ3v) is 9.06. The van der Waals surface area contributed by atoms with E-state index in [1.807, 2.05) is 36.9 Å². The van der Waals surface area contributed by atoms with Crippen LogP contribution in [0.3, 0.4) is 0 Å². The predicted octanol–water partition coefficient (Wildman–Crippen LogP) is 4.08. The molecule has 1 N–H and O–H groups in total. The topological polar surface area (TPSA) is 79.0 Å².